The van der Waals surface area contributed by atoms with Gasteiger partial charge in [0.1, 0.15) is 17.4 Å². The largest absolute Gasteiger partial charge is 0.496 e. The predicted octanol–water partition coefficient (Wildman–Crippen LogP) is 2.54. The van der Waals surface area contributed by atoms with E-state index in [1.807, 2.05) is 0 Å². The number of nitro groups is 1. The maximum absolute atomic E-state index is 11.8. The number of hydrogen-bond donors (Lipinski definition) is 1. The van der Waals surface area contributed by atoms with Crippen LogP contribution in [0.15, 0.2) is 24.3 Å². The molecule has 7 nitrogen and oxygen atoms in total. The first kappa shape index (κ1) is 16.7. The molecule has 1 rings (SSSR count). The molecule has 0 bridgehead atoms. The molecule has 0 saturated heterocycles. The van der Waals surface area contributed by atoms with Crippen molar-refractivity contribution < 1.29 is 19.2 Å². The first-order valence-electron chi connectivity index (χ1n) is 6.47. The van der Waals surface area contributed by atoms with E-state index in [-0.39, 0.29) is 0 Å². The van der Waals surface area contributed by atoms with Crippen molar-refractivity contribution in [1.82, 2.24) is 5.32 Å². The summed E-state index contributed by atoms with van der Waals surface area (Å²) in [6.45, 7) is 4.70. The smallest absolute Gasteiger partial charge is 0.408 e. The van der Waals surface area contributed by atoms with Crippen LogP contribution in [-0.2, 0) is 4.74 Å². The molecule has 0 radical (unpaired) electrons. The van der Waals surface area contributed by atoms with Gasteiger partial charge in [-0.3, -0.25) is 10.1 Å². The van der Waals surface area contributed by atoms with Gasteiger partial charge < -0.3 is 14.8 Å². The molecule has 21 heavy (non-hydrogen) atoms. The van der Waals surface area contributed by atoms with Crippen molar-refractivity contribution in [1.29, 1.82) is 0 Å². The highest BCUT2D eigenvalue weighted by molar-refractivity contribution is 5.68. The van der Waals surface area contributed by atoms with Crippen LogP contribution in [0.5, 0.6) is 5.75 Å². The van der Waals surface area contributed by atoms with Gasteiger partial charge in [0.2, 0.25) is 6.54 Å². The van der Waals surface area contributed by atoms with E-state index in [0.717, 1.165) is 0 Å². The van der Waals surface area contributed by atoms with Crippen LogP contribution >= 0.6 is 0 Å². The quantitative estimate of drug-likeness (QED) is 0.666. The summed E-state index contributed by atoms with van der Waals surface area (Å²) >= 11 is 0. The van der Waals surface area contributed by atoms with Crippen molar-refractivity contribution in [2.24, 2.45) is 0 Å². The standard InChI is InChI=1S/C14H20N2O5/c1-14(2,3)21-13(17)15-11(9-16(18)19)10-7-5-6-8-12(10)20-4/h5-8,11H,9H2,1-4H3,(H,15,17)/t11-/m0/s1. The molecule has 0 fully saturated rings. The Balaban J connectivity index is 2.95. The number of alkyl carbamates (subject to hydrolysis) is 1. The number of rotatable bonds is 5. The van der Waals surface area contributed by atoms with E-state index in [1.54, 1.807) is 45.0 Å². The number of methoxy groups -OCH3 is 1. The third-order valence-electron chi connectivity index (χ3n) is 2.54. The third kappa shape index (κ3) is 5.68. The Bertz CT molecular complexity index is 510. The molecule has 0 aromatic heterocycles. The Morgan fingerprint density at radius 3 is 2.52 bits per heavy atom. The number of amides is 1. The molecule has 0 aliphatic carbocycles. The number of para-hydroxylation sites is 1. The van der Waals surface area contributed by atoms with Gasteiger partial charge >= 0.3 is 6.09 Å². The van der Waals surface area contributed by atoms with Gasteiger partial charge in [0.25, 0.3) is 0 Å². The van der Waals surface area contributed by atoms with E-state index in [9.17, 15) is 14.9 Å². The average Bonchev–Trinajstić information content (AvgIpc) is 2.35. The molecule has 1 atom stereocenters. The van der Waals surface area contributed by atoms with Crippen LogP contribution in [0.4, 0.5) is 4.79 Å². The average molecular weight is 296 g/mol. The Morgan fingerprint density at radius 2 is 2.00 bits per heavy atom. The monoisotopic (exact) mass is 296 g/mol. The summed E-state index contributed by atoms with van der Waals surface area (Å²) in [4.78, 5) is 22.2. The van der Waals surface area contributed by atoms with Gasteiger partial charge in [0, 0.05) is 10.5 Å². The van der Waals surface area contributed by atoms with Crippen molar-refractivity contribution in [3.8, 4) is 5.75 Å². The molecule has 1 N–H and O–H groups in total. The number of benzene rings is 1. The van der Waals surface area contributed by atoms with E-state index in [1.165, 1.54) is 7.11 Å². The van der Waals surface area contributed by atoms with Gasteiger partial charge in [0.15, 0.2) is 0 Å². The van der Waals surface area contributed by atoms with Crippen LogP contribution in [0.3, 0.4) is 0 Å². The summed E-state index contributed by atoms with van der Waals surface area (Å²) in [5.74, 6) is 0.473. The first-order valence-corrected chi connectivity index (χ1v) is 6.47. The lowest BCUT2D eigenvalue weighted by atomic mass is 10.1. The Hall–Kier alpha value is -2.31. The molecule has 7 heteroatoms. The number of hydrogen-bond acceptors (Lipinski definition) is 5. The Kier molecular flexibility index (Phi) is 5.52. The highest BCUT2D eigenvalue weighted by Gasteiger charge is 2.26. The summed E-state index contributed by atoms with van der Waals surface area (Å²) in [5.41, 5.74) is -0.146. The lowest BCUT2D eigenvalue weighted by molar-refractivity contribution is -0.484. The second-order valence-corrected chi connectivity index (χ2v) is 5.46. The van der Waals surface area contributed by atoms with Crippen molar-refractivity contribution in [2.45, 2.75) is 32.4 Å². The topological polar surface area (TPSA) is 90.7 Å². The molecule has 1 amide bonds. The fourth-order valence-electron chi connectivity index (χ4n) is 1.77. The molecule has 0 aliphatic heterocycles. The highest BCUT2D eigenvalue weighted by Crippen LogP contribution is 2.25. The van der Waals surface area contributed by atoms with Crippen LogP contribution in [0.1, 0.15) is 32.4 Å². The van der Waals surface area contributed by atoms with Crippen molar-refractivity contribution in [2.75, 3.05) is 13.7 Å². The van der Waals surface area contributed by atoms with Gasteiger partial charge in [-0.1, -0.05) is 18.2 Å². The molecule has 1 aromatic carbocycles. The fraction of sp³-hybridized carbons (Fsp3) is 0.500. The summed E-state index contributed by atoms with van der Waals surface area (Å²) in [5, 5.41) is 13.3. The highest BCUT2D eigenvalue weighted by atomic mass is 16.6. The van der Waals surface area contributed by atoms with Gasteiger partial charge in [0.05, 0.1) is 7.11 Å². The van der Waals surface area contributed by atoms with Crippen LogP contribution in [0, 0.1) is 10.1 Å². The van der Waals surface area contributed by atoms with E-state index in [0.29, 0.717) is 11.3 Å². The normalized spacial score (nSPS) is 12.4. The molecule has 0 spiro atoms. The zero-order valence-corrected chi connectivity index (χ0v) is 12.6. The number of nitrogens with zero attached hydrogens (tertiary/aromatic N) is 1. The maximum atomic E-state index is 11.8. The Labute approximate surface area is 123 Å². The first-order chi connectivity index (χ1) is 9.73. The van der Waals surface area contributed by atoms with Crippen LogP contribution in [0.2, 0.25) is 0 Å². The fourth-order valence-corrected chi connectivity index (χ4v) is 1.77. The van der Waals surface area contributed by atoms with E-state index >= 15 is 0 Å². The van der Waals surface area contributed by atoms with Gasteiger partial charge in [-0.25, -0.2) is 4.79 Å². The van der Waals surface area contributed by atoms with Gasteiger partial charge in [-0.05, 0) is 26.8 Å². The molecular weight excluding hydrogens is 276 g/mol. The number of carbonyl (C=O) groups is 1. The predicted molar refractivity (Wildman–Crippen MR) is 77.0 cm³/mol. The summed E-state index contributed by atoms with van der Waals surface area (Å²) in [6, 6.07) is 6.00. The van der Waals surface area contributed by atoms with Gasteiger partial charge in [-0.2, -0.15) is 0 Å². The lowest BCUT2D eigenvalue weighted by Gasteiger charge is -2.23. The van der Waals surface area contributed by atoms with Crippen LogP contribution < -0.4 is 10.1 Å². The SMILES string of the molecule is COc1ccccc1[C@H](C[N+](=O)[O-])NC(=O)OC(C)(C)C. The van der Waals surface area contributed by atoms with Crippen molar-refractivity contribution in [3.63, 3.8) is 0 Å². The Morgan fingerprint density at radius 1 is 1.38 bits per heavy atom. The third-order valence-corrected chi connectivity index (χ3v) is 2.54. The maximum Gasteiger partial charge on any atom is 0.408 e. The molecule has 1 aromatic rings. The second-order valence-electron chi connectivity index (χ2n) is 5.46. The molecule has 116 valence electrons. The van der Waals surface area contributed by atoms with E-state index in [4.69, 9.17) is 9.47 Å². The number of carbonyl (C=O) groups excluding carboxylic acids is 1. The van der Waals surface area contributed by atoms with E-state index in [2.05, 4.69) is 5.32 Å². The molecule has 0 saturated carbocycles. The zero-order valence-electron chi connectivity index (χ0n) is 12.6. The van der Waals surface area contributed by atoms with Crippen molar-refractivity contribution >= 4 is 6.09 Å². The second kappa shape index (κ2) is 6.92. The van der Waals surface area contributed by atoms with Crippen molar-refractivity contribution in [3.05, 3.63) is 39.9 Å². The molecule has 0 unspecified atom stereocenters. The van der Waals surface area contributed by atoms with Crippen LogP contribution in [-0.4, -0.2) is 30.3 Å². The summed E-state index contributed by atoms with van der Waals surface area (Å²) in [6.07, 6.45) is -0.708. The minimum atomic E-state index is -0.828. The lowest BCUT2D eigenvalue weighted by Crippen LogP contribution is -2.37. The number of nitrogens with one attached hydrogen (secondary N) is 1. The minimum Gasteiger partial charge on any atom is -0.496 e. The molecular formula is C14H20N2O5. The molecule has 0 aliphatic rings. The summed E-state index contributed by atoms with van der Waals surface area (Å²) < 4.78 is 10.3. The van der Waals surface area contributed by atoms with Crippen LogP contribution in [0.25, 0.3) is 0 Å². The van der Waals surface area contributed by atoms with Gasteiger partial charge in [-0.15, -0.1) is 0 Å². The number of ether oxygens (including phenoxy) is 2. The van der Waals surface area contributed by atoms with E-state index < -0.39 is 29.2 Å². The zero-order chi connectivity index (χ0) is 16.0. The minimum absolute atomic E-state index is 0.459. The molecule has 0 heterocycles. The summed E-state index contributed by atoms with van der Waals surface area (Å²) in [7, 11) is 1.47.